The number of amides is 2. The molecule has 8 heteroatoms. The largest absolute Gasteiger partial charge is 0.492 e. The Hall–Kier alpha value is -2.51. The first-order valence-corrected chi connectivity index (χ1v) is 9.27. The van der Waals surface area contributed by atoms with E-state index >= 15 is 0 Å². The molecule has 7 nitrogen and oxygen atoms in total. The monoisotopic (exact) mass is 407 g/mol. The molecule has 0 aliphatic carbocycles. The van der Waals surface area contributed by atoms with Crippen LogP contribution in [0.5, 0.6) is 5.75 Å². The van der Waals surface area contributed by atoms with E-state index in [-0.39, 0.29) is 30.8 Å². The van der Waals surface area contributed by atoms with E-state index in [0.717, 1.165) is 32.4 Å². The van der Waals surface area contributed by atoms with E-state index in [1.165, 1.54) is 6.26 Å². The zero-order chi connectivity index (χ0) is 19.2. The van der Waals surface area contributed by atoms with Crippen molar-refractivity contribution >= 4 is 29.9 Å². The summed E-state index contributed by atoms with van der Waals surface area (Å²) in [4.78, 5) is 27.1. The van der Waals surface area contributed by atoms with Gasteiger partial charge in [-0.25, -0.2) is 0 Å². The Morgan fingerprint density at radius 1 is 1.18 bits per heavy atom. The predicted octanol–water partition coefficient (Wildman–Crippen LogP) is 3.44. The van der Waals surface area contributed by atoms with Gasteiger partial charge in [0.05, 0.1) is 24.4 Å². The van der Waals surface area contributed by atoms with Crippen LogP contribution in [0.4, 0.5) is 5.69 Å². The van der Waals surface area contributed by atoms with Crippen LogP contribution >= 0.6 is 12.4 Å². The zero-order valence-corrected chi connectivity index (χ0v) is 16.7. The lowest BCUT2D eigenvalue weighted by molar-refractivity contribution is 0.0724. The van der Waals surface area contributed by atoms with E-state index in [0.29, 0.717) is 34.9 Å². The average Bonchev–Trinajstić information content (AvgIpc) is 3.19. The number of rotatable bonds is 6. The lowest BCUT2D eigenvalue weighted by atomic mass is 10.1. The van der Waals surface area contributed by atoms with E-state index in [9.17, 15) is 9.59 Å². The lowest BCUT2D eigenvalue weighted by Crippen LogP contribution is -2.35. The molecule has 2 aromatic rings. The summed E-state index contributed by atoms with van der Waals surface area (Å²) in [7, 11) is 0. The summed E-state index contributed by atoms with van der Waals surface area (Å²) in [6.45, 7) is 4.07. The average molecular weight is 408 g/mol. The fraction of sp³-hybridized carbons (Fsp3) is 0.400. The van der Waals surface area contributed by atoms with Crippen molar-refractivity contribution in [3.05, 3.63) is 47.4 Å². The minimum atomic E-state index is -0.345. The van der Waals surface area contributed by atoms with Crippen LogP contribution in [0, 0.1) is 0 Å². The molecule has 0 unspecified atom stereocenters. The van der Waals surface area contributed by atoms with Crippen LogP contribution in [-0.4, -0.2) is 36.4 Å². The number of anilines is 1. The Labute approximate surface area is 170 Å². The molecule has 0 radical (unpaired) electrons. The van der Waals surface area contributed by atoms with Crippen molar-refractivity contribution in [1.82, 2.24) is 4.90 Å². The number of nitrogens with zero attached hydrogens (tertiary/aromatic N) is 1. The maximum Gasteiger partial charge on any atom is 0.259 e. The van der Waals surface area contributed by atoms with Gasteiger partial charge in [-0.3, -0.25) is 9.59 Å². The van der Waals surface area contributed by atoms with Crippen LogP contribution in [0.25, 0.3) is 0 Å². The van der Waals surface area contributed by atoms with Crippen molar-refractivity contribution in [2.24, 2.45) is 5.73 Å². The fourth-order valence-corrected chi connectivity index (χ4v) is 3.12. The summed E-state index contributed by atoms with van der Waals surface area (Å²) < 4.78 is 10.8. The number of furan rings is 1. The standard InChI is InChI=1S/C20H25N3O4.ClH/c1-2-26-18-7-6-14(20(25)23-8-4-3-5-9-23)11-17(18)22-19(24)15-10-16(12-21)27-13-15;/h6-7,10-11,13H,2-5,8-9,12,21H2,1H3,(H,22,24);1H. The number of likely N-dealkylation sites (tertiary alicyclic amines) is 1. The first kappa shape index (κ1) is 21.8. The number of carbonyl (C=O) groups excluding carboxylic acids is 2. The maximum atomic E-state index is 12.8. The molecule has 1 fully saturated rings. The second-order valence-electron chi connectivity index (χ2n) is 6.46. The molecule has 28 heavy (non-hydrogen) atoms. The van der Waals surface area contributed by atoms with Gasteiger partial charge in [-0.05, 0) is 50.5 Å². The second-order valence-corrected chi connectivity index (χ2v) is 6.46. The summed E-state index contributed by atoms with van der Waals surface area (Å²) in [5.74, 6) is 0.673. The van der Waals surface area contributed by atoms with Gasteiger partial charge in [-0.15, -0.1) is 12.4 Å². The highest BCUT2D eigenvalue weighted by Gasteiger charge is 2.20. The van der Waals surface area contributed by atoms with E-state index in [2.05, 4.69) is 5.32 Å². The van der Waals surface area contributed by atoms with Crippen molar-refractivity contribution in [2.75, 3.05) is 25.0 Å². The first-order chi connectivity index (χ1) is 13.1. The molecule has 0 bridgehead atoms. The predicted molar refractivity (Wildman–Crippen MR) is 109 cm³/mol. The molecule has 1 aromatic carbocycles. The molecule has 152 valence electrons. The Morgan fingerprint density at radius 2 is 1.93 bits per heavy atom. The third kappa shape index (κ3) is 5.05. The van der Waals surface area contributed by atoms with E-state index in [4.69, 9.17) is 14.9 Å². The van der Waals surface area contributed by atoms with E-state index < -0.39 is 0 Å². The van der Waals surface area contributed by atoms with Crippen molar-refractivity contribution in [3.63, 3.8) is 0 Å². The third-order valence-electron chi connectivity index (χ3n) is 4.53. The van der Waals surface area contributed by atoms with Crippen molar-refractivity contribution in [3.8, 4) is 5.75 Å². The van der Waals surface area contributed by atoms with E-state index in [1.807, 2.05) is 11.8 Å². The quantitative estimate of drug-likeness (QED) is 0.764. The highest BCUT2D eigenvalue weighted by atomic mass is 35.5. The van der Waals surface area contributed by atoms with Crippen molar-refractivity contribution in [1.29, 1.82) is 0 Å². The normalized spacial score (nSPS) is 13.6. The highest BCUT2D eigenvalue weighted by Crippen LogP contribution is 2.28. The summed E-state index contributed by atoms with van der Waals surface area (Å²) >= 11 is 0. The minimum absolute atomic E-state index is 0. The molecule has 3 rings (SSSR count). The number of nitrogens with two attached hydrogens (primary N) is 1. The number of hydrogen-bond acceptors (Lipinski definition) is 5. The zero-order valence-electron chi connectivity index (χ0n) is 15.9. The summed E-state index contributed by atoms with van der Waals surface area (Å²) in [6.07, 6.45) is 4.57. The van der Waals surface area contributed by atoms with Gasteiger partial charge in [-0.1, -0.05) is 0 Å². The van der Waals surface area contributed by atoms with Gasteiger partial charge in [0.2, 0.25) is 0 Å². The topological polar surface area (TPSA) is 97.8 Å². The Balaban J connectivity index is 0.00000280. The number of piperidine rings is 1. The molecule has 2 amide bonds. The van der Waals surface area contributed by atoms with Gasteiger partial charge < -0.3 is 25.1 Å². The van der Waals surface area contributed by atoms with Crippen LogP contribution in [0.15, 0.2) is 34.9 Å². The molecule has 2 heterocycles. The molecular formula is C20H26ClN3O4. The number of carbonyl (C=O) groups is 2. The molecule has 3 N–H and O–H groups in total. The van der Waals surface area contributed by atoms with Crippen LogP contribution in [0.2, 0.25) is 0 Å². The van der Waals surface area contributed by atoms with Gasteiger partial charge in [0.25, 0.3) is 11.8 Å². The van der Waals surface area contributed by atoms with Gasteiger partial charge in [0.15, 0.2) is 0 Å². The van der Waals surface area contributed by atoms with Gasteiger partial charge >= 0.3 is 0 Å². The Bertz CT molecular complexity index is 816. The number of halogens is 1. The van der Waals surface area contributed by atoms with Gasteiger partial charge in [0, 0.05) is 18.7 Å². The smallest absolute Gasteiger partial charge is 0.259 e. The highest BCUT2D eigenvalue weighted by molar-refractivity contribution is 6.06. The number of hydrogen-bond donors (Lipinski definition) is 2. The fourth-order valence-electron chi connectivity index (χ4n) is 3.12. The summed E-state index contributed by atoms with van der Waals surface area (Å²) in [6, 6.07) is 6.72. The molecular weight excluding hydrogens is 382 g/mol. The van der Waals surface area contributed by atoms with Crippen LogP contribution in [-0.2, 0) is 6.54 Å². The molecule has 1 aliphatic rings. The molecule has 0 spiro atoms. The first-order valence-electron chi connectivity index (χ1n) is 9.27. The second kappa shape index (κ2) is 10.1. The van der Waals surface area contributed by atoms with Crippen LogP contribution < -0.4 is 15.8 Å². The van der Waals surface area contributed by atoms with Gasteiger partial charge in [0.1, 0.15) is 17.8 Å². The van der Waals surface area contributed by atoms with Crippen LogP contribution in [0.3, 0.4) is 0 Å². The minimum Gasteiger partial charge on any atom is -0.492 e. The third-order valence-corrected chi connectivity index (χ3v) is 4.53. The number of nitrogens with one attached hydrogen (secondary N) is 1. The SMILES string of the molecule is CCOc1ccc(C(=O)N2CCCCC2)cc1NC(=O)c1coc(CN)c1.Cl. The molecule has 0 atom stereocenters. The van der Waals surface area contributed by atoms with E-state index in [1.54, 1.807) is 24.3 Å². The van der Waals surface area contributed by atoms with Crippen molar-refractivity contribution < 1.29 is 18.7 Å². The lowest BCUT2D eigenvalue weighted by Gasteiger charge is -2.27. The van der Waals surface area contributed by atoms with Crippen LogP contribution in [0.1, 0.15) is 52.7 Å². The molecule has 1 saturated heterocycles. The summed E-state index contributed by atoms with van der Waals surface area (Å²) in [5.41, 5.74) is 6.87. The number of ether oxygens (including phenoxy) is 1. The van der Waals surface area contributed by atoms with Gasteiger partial charge in [-0.2, -0.15) is 0 Å². The Morgan fingerprint density at radius 3 is 2.57 bits per heavy atom. The molecule has 1 aliphatic heterocycles. The number of benzene rings is 1. The molecule has 0 saturated carbocycles. The molecule has 1 aromatic heterocycles. The Kier molecular flexibility index (Phi) is 7.90. The maximum absolute atomic E-state index is 12.8. The van der Waals surface area contributed by atoms with Crippen molar-refractivity contribution in [2.45, 2.75) is 32.7 Å². The summed E-state index contributed by atoms with van der Waals surface area (Å²) in [5, 5.41) is 2.81.